The number of carbonyl (C=O) groups excluding carboxylic acids is 1. The molecule has 0 unspecified atom stereocenters. The number of nitro groups is 1. The first kappa shape index (κ1) is 13.5. The molecule has 0 heterocycles. The number of methoxy groups -OCH3 is 1. The lowest BCUT2D eigenvalue weighted by molar-refractivity contribution is -0.421. The first-order valence-corrected chi connectivity index (χ1v) is 5.80. The molecule has 1 N–H and O–H groups in total. The van der Waals surface area contributed by atoms with Gasteiger partial charge in [0.1, 0.15) is 0 Å². The van der Waals surface area contributed by atoms with Gasteiger partial charge in [-0.2, -0.15) is 0 Å². The maximum atomic E-state index is 11.3. The standard InChI is InChI=1S/C14H12N2O4/c1-20-14(17)13(16(18)19)9-15-12-8-4-6-10-5-2-3-7-11(10)12/h2-9,15H,1H3/b13-9+. The number of carbonyl (C=O) groups is 1. The summed E-state index contributed by atoms with van der Waals surface area (Å²) in [5.74, 6) is -0.997. The first-order valence-electron chi connectivity index (χ1n) is 5.80. The van der Waals surface area contributed by atoms with Crippen molar-refractivity contribution in [3.05, 3.63) is 64.5 Å². The topological polar surface area (TPSA) is 81.5 Å². The second kappa shape index (κ2) is 5.83. The van der Waals surface area contributed by atoms with E-state index in [4.69, 9.17) is 0 Å². The van der Waals surface area contributed by atoms with Crippen LogP contribution < -0.4 is 5.32 Å². The molecule has 0 saturated carbocycles. The summed E-state index contributed by atoms with van der Waals surface area (Å²) in [4.78, 5) is 21.3. The zero-order chi connectivity index (χ0) is 14.5. The van der Waals surface area contributed by atoms with E-state index in [1.165, 1.54) is 0 Å². The van der Waals surface area contributed by atoms with E-state index in [2.05, 4.69) is 10.1 Å². The van der Waals surface area contributed by atoms with Crippen LogP contribution in [0.5, 0.6) is 0 Å². The molecule has 0 saturated heterocycles. The number of hydrogen-bond acceptors (Lipinski definition) is 5. The van der Waals surface area contributed by atoms with Crippen LogP contribution in [0.2, 0.25) is 0 Å². The fourth-order valence-corrected chi connectivity index (χ4v) is 1.79. The number of nitrogens with one attached hydrogen (secondary N) is 1. The summed E-state index contributed by atoms with van der Waals surface area (Å²) in [7, 11) is 1.09. The van der Waals surface area contributed by atoms with Crippen molar-refractivity contribution in [2.24, 2.45) is 0 Å². The highest BCUT2D eigenvalue weighted by Crippen LogP contribution is 2.23. The molecule has 2 aromatic rings. The van der Waals surface area contributed by atoms with Crippen LogP contribution in [0.1, 0.15) is 0 Å². The van der Waals surface area contributed by atoms with E-state index in [1.807, 2.05) is 36.4 Å². The van der Waals surface area contributed by atoms with Gasteiger partial charge in [-0.3, -0.25) is 10.1 Å². The lowest BCUT2D eigenvalue weighted by atomic mass is 10.1. The molecule has 0 aromatic heterocycles. The predicted molar refractivity (Wildman–Crippen MR) is 74.7 cm³/mol. The molecule has 6 heteroatoms. The number of benzene rings is 2. The summed E-state index contributed by atoms with van der Waals surface area (Å²) < 4.78 is 4.36. The smallest absolute Gasteiger partial charge is 0.411 e. The van der Waals surface area contributed by atoms with Crippen LogP contribution in [-0.2, 0) is 9.53 Å². The Bertz CT molecular complexity index is 689. The van der Waals surface area contributed by atoms with E-state index in [0.29, 0.717) is 5.69 Å². The number of esters is 1. The van der Waals surface area contributed by atoms with E-state index < -0.39 is 16.6 Å². The van der Waals surface area contributed by atoms with Gasteiger partial charge in [0.2, 0.25) is 0 Å². The lowest BCUT2D eigenvalue weighted by Gasteiger charge is -2.05. The monoisotopic (exact) mass is 272 g/mol. The molecule has 0 spiro atoms. The SMILES string of the molecule is COC(=O)/C(=C\Nc1cccc2ccccc12)[N+](=O)[O-]. The summed E-state index contributed by atoms with van der Waals surface area (Å²) in [5, 5.41) is 15.5. The molecular weight excluding hydrogens is 260 g/mol. The molecule has 20 heavy (non-hydrogen) atoms. The Kier molecular flexibility index (Phi) is 3.95. The third-order valence-electron chi connectivity index (χ3n) is 2.75. The normalized spacial score (nSPS) is 11.2. The minimum absolute atomic E-state index is 0.652. The number of ether oxygens (including phenoxy) is 1. The van der Waals surface area contributed by atoms with E-state index in [0.717, 1.165) is 24.1 Å². The van der Waals surface area contributed by atoms with Crippen molar-refractivity contribution < 1.29 is 14.5 Å². The molecule has 0 atom stereocenters. The lowest BCUT2D eigenvalue weighted by Crippen LogP contribution is -2.14. The van der Waals surface area contributed by atoms with Crippen LogP contribution in [0.3, 0.4) is 0 Å². The Labute approximate surface area is 114 Å². The van der Waals surface area contributed by atoms with Gasteiger partial charge in [-0.1, -0.05) is 36.4 Å². The quantitative estimate of drug-likeness (QED) is 0.400. The molecule has 0 aliphatic rings. The Morgan fingerprint density at radius 3 is 2.65 bits per heavy atom. The summed E-state index contributed by atoms with van der Waals surface area (Å²) in [6, 6.07) is 13.1. The summed E-state index contributed by atoms with van der Waals surface area (Å²) in [6.07, 6.45) is 1.04. The van der Waals surface area contributed by atoms with Gasteiger partial charge in [0, 0.05) is 11.1 Å². The Hall–Kier alpha value is -2.89. The third-order valence-corrected chi connectivity index (χ3v) is 2.75. The van der Waals surface area contributed by atoms with Crippen LogP contribution in [0.25, 0.3) is 10.8 Å². The zero-order valence-electron chi connectivity index (χ0n) is 10.7. The Morgan fingerprint density at radius 2 is 1.95 bits per heavy atom. The highest BCUT2D eigenvalue weighted by molar-refractivity contribution is 5.94. The fraction of sp³-hybridized carbons (Fsp3) is 0.0714. The molecule has 0 aliphatic carbocycles. The molecule has 0 radical (unpaired) electrons. The number of hydrogen-bond donors (Lipinski definition) is 1. The van der Waals surface area contributed by atoms with E-state index in [1.54, 1.807) is 6.07 Å². The highest BCUT2D eigenvalue weighted by Gasteiger charge is 2.22. The Balaban J connectivity index is 2.37. The van der Waals surface area contributed by atoms with Crippen LogP contribution >= 0.6 is 0 Å². The van der Waals surface area contributed by atoms with Gasteiger partial charge < -0.3 is 10.1 Å². The van der Waals surface area contributed by atoms with Crippen molar-refractivity contribution in [3.8, 4) is 0 Å². The highest BCUT2D eigenvalue weighted by atomic mass is 16.6. The van der Waals surface area contributed by atoms with Gasteiger partial charge >= 0.3 is 11.7 Å². The number of anilines is 1. The average molecular weight is 272 g/mol. The zero-order valence-corrected chi connectivity index (χ0v) is 10.7. The number of rotatable bonds is 4. The van der Waals surface area contributed by atoms with Crippen molar-refractivity contribution >= 4 is 22.4 Å². The second-order valence-electron chi connectivity index (χ2n) is 3.95. The van der Waals surface area contributed by atoms with Gasteiger partial charge in [0.25, 0.3) is 0 Å². The van der Waals surface area contributed by atoms with Crippen molar-refractivity contribution in [1.82, 2.24) is 0 Å². The molecule has 2 aromatic carbocycles. The molecule has 0 amide bonds. The van der Waals surface area contributed by atoms with Gasteiger partial charge in [-0.25, -0.2) is 4.79 Å². The van der Waals surface area contributed by atoms with Crippen molar-refractivity contribution in [2.75, 3.05) is 12.4 Å². The molecule has 2 rings (SSSR count). The maximum Gasteiger partial charge on any atom is 0.411 e. The van der Waals surface area contributed by atoms with Gasteiger partial charge in [0.05, 0.1) is 18.2 Å². The van der Waals surface area contributed by atoms with E-state index >= 15 is 0 Å². The fourth-order valence-electron chi connectivity index (χ4n) is 1.79. The molecule has 102 valence electrons. The number of nitrogens with zero attached hydrogens (tertiary/aromatic N) is 1. The second-order valence-corrected chi connectivity index (χ2v) is 3.95. The first-order chi connectivity index (χ1) is 9.63. The van der Waals surface area contributed by atoms with Crippen molar-refractivity contribution in [3.63, 3.8) is 0 Å². The van der Waals surface area contributed by atoms with Crippen LogP contribution in [0, 0.1) is 10.1 Å². The summed E-state index contributed by atoms with van der Waals surface area (Å²) in [6.45, 7) is 0. The molecule has 0 fully saturated rings. The van der Waals surface area contributed by atoms with Crippen LogP contribution in [0.15, 0.2) is 54.4 Å². The van der Waals surface area contributed by atoms with Crippen LogP contribution in [-0.4, -0.2) is 18.0 Å². The van der Waals surface area contributed by atoms with Gasteiger partial charge in [-0.15, -0.1) is 0 Å². The Morgan fingerprint density at radius 1 is 1.25 bits per heavy atom. The van der Waals surface area contributed by atoms with Gasteiger partial charge in [-0.05, 0) is 11.5 Å². The summed E-state index contributed by atoms with van der Waals surface area (Å²) >= 11 is 0. The van der Waals surface area contributed by atoms with E-state index in [9.17, 15) is 14.9 Å². The van der Waals surface area contributed by atoms with Crippen molar-refractivity contribution in [2.45, 2.75) is 0 Å². The molecule has 6 nitrogen and oxygen atoms in total. The maximum absolute atomic E-state index is 11.3. The molecule has 0 aliphatic heterocycles. The van der Waals surface area contributed by atoms with Crippen molar-refractivity contribution in [1.29, 1.82) is 0 Å². The van der Waals surface area contributed by atoms with Crippen LogP contribution in [0.4, 0.5) is 5.69 Å². The molecular formula is C14H12N2O4. The third kappa shape index (κ3) is 2.74. The largest absolute Gasteiger partial charge is 0.461 e. The minimum atomic E-state index is -0.997. The van der Waals surface area contributed by atoms with E-state index in [-0.39, 0.29) is 0 Å². The average Bonchev–Trinajstić information content (AvgIpc) is 2.47. The summed E-state index contributed by atoms with van der Waals surface area (Å²) in [5.41, 5.74) is 0.0202. The predicted octanol–water partition coefficient (Wildman–Crippen LogP) is 2.54. The van der Waals surface area contributed by atoms with Gasteiger partial charge in [0.15, 0.2) is 0 Å². The molecule has 0 bridgehead atoms. The minimum Gasteiger partial charge on any atom is -0.461 e. The number of fused-ring (bicyclic) bond motifs is 1.